The maximum Gasteiger partial charge on any atom is 0.272 e. The molecule has 0 aliphatic carbocycles. The molecule has 8 heteroatoms. The lowest BCUT2D eigenvalue weighted by atomic mass is 10.1. The second kappa shape index (κ2) is 10.1. The lowest BCUT2D eigenvalue weighted by Gasteiger charge is -2.26. The molecule has 0 unspecified atom stereocenters. The van der Waals surface area contributed by atoms with Gasteiger partial charge in [0.1, 0.15) is 5.69 Å². The summed E-state index contributed by atoms with van der Waals surface area (Å²) in [5.41, 5.74) is 4.32. The number of nitrogens with one attached hydrogen (secondary N) is 4. The van der Waals surface area contributed by atoms with Gasteiger partial charge < -0.3 is 25.7 Å². The number of benzene rings is 2. The van der Waals surface area contributed by atoms with Crippen LogP contribution < -0.4 is 16.0 Å². The SMILES string of the molecule is O=C(Nc1cccc(CN2CCOCC2)c1)c1cc2cc(Cl)cc(NC3CCNCC3)c2[nH]1. The number of hydrogen-bond acceptors (Lipinski definition) is 5. The maximum atomic E-state index is 13.0. The number of amides is 1. The molecule has 1 amide bonds. The van der Waals surface area contributed by atoms with Crippen LogP contribution in [0.15, 0.2) is 42.5 Å². The summed E-state index contributed by atoms with van der Waals surface area (Å²) in [5, 5.41) is 11.6. The van der Waals surface area contributed by atoms with Gasteiger partial charge in [-0.05, 0) is 61.8 Å². The van der Waals surface area contributed by atoms with Crippen molar-refractivity contribution in [1.82, 2.24) is 15.2 Å². The van der Waals surface area contributed by atoms with Gasteiger partial charge in [0, 0.05) is 41.8 Å². The molecular weight excluding hydrogens is 438 g/mol. The molecule has 0 bridgehead atoms. The summed E-state index contributed by atoms with van der Waals surface area (Å²) < 4.78 is 5.43. The van der Waals surface area contributed by atoms with Gasteiger partial charge in [0.05, 0.1) is 24.4 Å². The number of hydrogen-bond donors (Lipinski definition) is 4. The molecule has 0 saturated carbocycles. The van der Waals surface area contributed by atoms with Crippen molar-refractivity contribution in [1.29, 1.82) is 0 Å². The number of carbonyl (C=O) groups is 1. The second-order valence-corrected chi connectivity index (χ2v) is 9.25. The van der Waals surface area contributed by atoms with E-state index in [0.29, 0.717) is 16.8 Å². The Balaban J connectivity index is 1.31. The highest BCUT2D eigenvalue weighted by molar-refractivity contribution is 6.32. The highest BCUT2D eigenvalue weighted by Crippen LogP contribution is 2.30. The fraction of sp³-hybridized carbons (Fsp3) is 0.400. The van der Waals surface area contributed by atoms with E-state index in [2.05, 4.69) is 31.9 Å². The lowest BCUT2D eigenvalue weighted by Crippen LogP contribution is -2.35. The molecule has 1 aromatic heterocycles. The second-order valence-electron chi connectivity index (χ2n) is 8.81. The maximum absolute atomic E-state index is 13.0. The Morgan fingerprint density at radius 1 is 1.12 bits per heavy atom. The predicted molar refractivity (Wildman–Crippen MR) is 133 cm³/mol. The van der Waals surface area contributed by atoms with E-state index in [9.17, 15) is 4.79 Å². The van der Waals surface area contributed by atoms with Crippen LogP contribution in [0.1, 0.15) is 28.9 Å². The summed E-state index contributed by atoms with van der Waals surface area (Å²) in [6, 6.07) is 14.1. The number of morpholine rings is 1. The number of aromatic amines is 1. The number of carbonyl (C=O) groups excluding carboxylic acids is 1. The first-order valence-corrected chi connectivity index (χ1v) is 12.0. The normalized spacial score (nSPS) is 17.8. The first kappa shape index (κ1) is 22.2. The van der Waals surface area contributed by atoms with E-state index in [1.807, 2.05) is 36.4 Å². The van der Waals surface area contributed by atoms with Crippen LogP contribution in [-0.4, -0.2) is 61.2 Å². The van der Waals surface area contributed by atoms with E-state index in [0.717, 1.165) is 81.1 Å². The number of anilines is 2. The van der Waals surface area contributed by atoms with Crippen molar-refractivity contribution in [3.8, 4) is 0 Å². The minimum Gasteiger partial charge on any atom is -0.380 e. The summed E-state index contributed by atoms with van der Waals surface area (Å²) in [5.74, 6) is -0.168. The summed E-state index contributed by atoms with van der Waals surface area (Å²) >= 11 is 6.38. The quantitative estimate of drug-likeness (QED) is 0.439. The number of aromatic nitrogens is 1. The third kappa shape index (κ3) is 5.50. The van der Waals surface area contributed by atoms with Crippen molar-refractivity contribution in [3.63, 3.8) is 0 Å². The monoisotopic (exact) mass is 467 g/mol. The van der Waals surface area contributed by atoms with Gasteiger partial charge in [0.2, 0.25) is 0 Å². The number of piperidine rings is 1. The van der Waals surface area contributed by atoms with Crippen LogP contribution in [0.5, 0.6) is 0 Å². The first-order chi connectivity index (χ1) is 16.1. The topological polar surface area (TPSA) is 81.4 Å². The van der Waals surface area contributed by atoms with Crippen molar-refractivity contribution >= 4 is 39.8 Å². The molecule has 7 nitrogen and oxygen atoms in total. The first-order valence-electron chi connectivity index (χ1n) is 11.6. The van der Waals surface area contributed by atoms with Gasteiger partial charge in [-0.1, -0.05) is 23.7 Å². The smallest absolute Gasteiger partial charge is 0.272 e. The molecule has 2 fully saturated rings. The van der Waals surface area contributed by atoms with E-state index < -0.39 is 0 Å². The minimum absolute atomic E-state index is 0.168. The zero-order chi connectivity index (χ0) is 22.6. The Kier molecular flexibility index (Phi) is 6.83. The fourth-order valence-electron chi connectivity index (χ4n) is 4.59. The van der Waals surface area contributed by atoms with Gasteiger partial charge in [-0.3, -0.25) is 9.69 Å². The van der Waals surface area contributed by atoms with Crippen LogP contribution >= 0.6 is 11.6 Å². The average Bonchev–Trinajstić information content (AvgIpc) is 3.25. The van der Waals surface area contributed by atoms with Gasteiger partial charge in [0.15, 0.2) is 0 Å². The Morgan fingerprint density at radius 2 is 1.94 bits per heavy atom. The molecule has 0 radical (unpaired) electrons. The summed E-state index contributed by atoms with van der Waals surface area (Å²) in [7, 11) is 0. The van der Waals surface area contributed by atoms with E-state index in [1.165, 1.54) is 5.56 Å². The van der Waals surface area contributed by atoms with Crippen LogP contribution in [0.25, 0.3) is 10.9 Å². The zero-order valence-electron chi connectivity index (χ0n) is 18.6. The molecule has 3 heterocycles. The van der Waals surface area contributed by atoms with Crippen molar-refractivity contribution in [2.75, 3.05) is 50.0 Å². The fourth-order valence-corrected chi connectivity index (χ4v) is 4.82. The van der Waals surface area contributed by atoms with Crippen LogP contribution in [0.2, 0.25) is 5.02 Å². The van der Waals surface area contributed by atoms with Crippen molar-refractivity contribution in [2.24, 2.45) is 0 Å². The summed E-state index contributed by atoms with van der Waals surface area (Å²) in [4.78, 5) is 18.7. The average molecular weight is 468 g/mol. The van der Waals surface area contributed by atoms with Crippen molar-refractivity contribution in [3.05, 3.63) is 58.7 Å². The Hall–Kier alpha value is -2.58. The van der Waals surface area contributed by atoms with Gasteiger partial charge in [-0.15, -0.1) is 0 Å². The van der Waals surface area contributed by atoms with Crippen molar-refractivity contribution in [2.45, 2.75) is 25.4 Å². The Morgan fingerprint density at radius 3 is 2.76 bits per heavy atom. The molecule has 2 aromatic carbocycles. The number of ether oxygens (including phenoxy) is 1. The molecule has 5 rings (SSSR count). The predicted octanol–water partition coefficient (Wildman–Crippen LogP) is 4.07. The third-order valence-electron chi connectivity index (χ3n) is 6.33. The molecule has 2 aliphatic rings. The highest BCUT2D eigenvalue weighted by Gasteiger charge is 2.17. The molecule has 0 atom stereocenters. The van der Waals surface area contributed by atoms with E-state index in [1.54, 1.807) is 0 Å². The standard InChI is InChI=1S/C25H30ClN5O2/c26-19-13-18-14-23(30-24(18)22(15-19)28-20-4-6-27-7-5-20)25(32)29-21-3-1-2-17(12-21)16-31-8-10-33-11-9-31/h1-3,12-15,20,27-28,30H,4-11,16H2,(H,29,32). The van der Waals surface area contributed by atoms with Crippen LogP contribution in [0.4, 0.5) is 11.4 Å². The third-order valence-corrected chi connectivity index (χ3v) is 6.55. The molecular formula is C25H30ClN5O2. The number of halogens is 1. The number of nitrogens with zero attached hydrogens (tertiary/aromatic N) is 1. The van der Waals surface area contributed by atoms with Gasteiger partial charge in [0.25, 0.3) is 5.91 Å². The van der Waals surface area contributed by atoms with Crippen LogP contribution in [0.3, 0.4) is 0 Å². The van der Waals surface area contributed by atoms with Gasteiger partial charge in [-0.2, -0.15) is 0 Å². The molecule has 0 spiro atoms. The molecule has 33 heavy (non-hydrogen) atoms. The largest absolute Gasteiger partial charge is 0.380 e. The van der Waals surface area contributed by atoms with E-state index in [-0.39, 0.29) is 5.91 Å². The number of rotatable bonds is 6. The van der Waals surface area contributed by atoms with E-state index >= 15 is 0 Å². The van der Waals surface area contributed by atoms with E-state index in [4.69, 9.17) is 16.3 Å². The molecule has 4 N–H and O–H groups in total. The zero-order valence-corrected chi connectivity index (χ0v) is 19.4. The van der Waals surface area contributed by atoms with Gasteiger partial charge >= 0.3 is 0 Å². The van der Waals surface area contributed by atoms with Gasteiger partial charge in [-0.25, -0.2) is 0 Å². The summed E-state index contributed by atoms with van der Waals surface area (Å²) in [6.45, 7) is 6.27. The molecule has 2 saturated heterocycles. The van der Waals surface area contributed by atoms with Crippen LogP contribution in [-0.2, 0) is 11.3 Å². The highest BCUT2D eigenvalue weighted by atomic mass is 35.5. The van der Waals surface area contributed by atoms with Crippen molar-refractivity contribution < 1.29 is 9.53 Å². The lowest BCUT2D eigenvalue weighted by molar-refractivity contribution is 0.0342. The Labute approximate surface area is 198 Å². The van der Waals surface area contributed by atoms with Crippen LogP contribution in [0, 0.1) is 0 Å². The number of H-pyrrole nitrogens is 1. The molecule has 3 aromatic rings. The summed E-state index contributed by atoms with van der Waals surface area (Å²) in [6.07, 6.45) is 2.12. The Bertz CT molecular complexity index is 1120. The molecule has 174 valence electrons. The molecule has 2 aliphatic heterocycles. The number of fused-ring (bicyclic) bond motifs is 1. The minimum atomic E-state index is -0.168.